The van der Waals surface area contributed by atoms with Crippen LogP contribution in [0.3, 0.4) is 0 Å². The average Bonchev–Trinajstić information content (AvgIpc) is 3.08. The van der Waals surface area contributed by atoms with E-state index in [0.717, 1.165) is 38.1 Å². The molecular weight excluding hydrogens is 378 g/mol. The first kappa shape index (κ1) is 23.8. The van der Waals surface area contributed by atoms with Crippen LogP contribution in [0.2, 0.25) is 0 Å². The maximum absolute atomic E-state index is 6.27. The lowest BCUT2D eigenvalue weighted by molar-refractivity contribution is 0.401. The molecule has 3 nitrogen and oxygen atoms in total. The van der Waals surface area contributed by atoms with Crippen molar-refractivity contribution < 1.29 is 0 Å². The molecule has 3 heteroatoms. The number of fused-ring (bicyclic) bond motifs is 3. The molecule has 0 amide bonds. The molecule has 0 radical (unpaired) electrons. The predicted molar refractivity (Wildman–Crippen MR) is 137 cm³/mol. The summed E-state index contributed by atoms with van der Waals surface area (Å²) >= 11 is 0. The van der Waals surface area contributed by atoms with Crippen LogP contribution in [-0.2, 0) is 19.4 Å². The molecule has 0 bridgehead atoms. The Hall–Kier alpha value is -1.84. The molecule has 1 heterocycles. The lowest BCUT2D eigenvalue weighted by Crippen LogP contribution is -2.21. The minimum atomic E-state index is 0.224. The topological polar surface area (TPSA) is 57.0 Å². The van der Waals surface area contributed by atoms with Crippen LogP contribution >= 0.6 is 0 Å². The van der Waals surface area contributed by atoms with Crippen LogP contribution in [0, 0.1) is 5.92 Å². The Kier molecular flexibility index (Phi) is 8.57. The standard InChI is InChI=1S/C28H43N3/c1-5-9-10-20(6-2)19-31-27-13-11-21(15-23(29)7-3)17-25(27)26-18-22(12-14-28(26)31)16-24(30)8-4/h11-14,17-18,20,23-24H,5-10,15-16,19,29-30H2,1-4H3. The maximum Gasteiger partial charge on any atom is 0.0491 e. The maximum atomic E-state index is 6.27. The van der Waals surface area contributed by atoms with Crippen molar-refractivity contribution in [1.29, 1.82) is 0 Å². The molecule has 2 aromatic carbocycles. The van der Waals surface area contributed by atoms with Gasteiger partial charge < -0.3 is 16.0 Å². The van der Waals surface area contributed by atoms with Crippen molar-refractivity contribution in [2.45, 2.75) is 97.7 Å². The summed E-state index contributed by atoms with van der Waals surface area (Å²) in [5, 5.41) is 2.74. The second-order valence-electron chi connectivity index (χ2n) is 9.48. The Labute approximate surface area is 189 Å². The average molecular weight is 422 g/mol. The molecule has 0 saturated heterocycles. The van der Waals surface area contributed by atoms with Gasteiger partial charge in [-0.2, -0.15) is 0 Å². The van der Waals surface area contributed by atoms with Gasteiger partial charge in [0.2, 0.25) is 0 Å². The number of hydrogen-bond acceptors (Lipinski definition) is 2. The lowest BCUT2D eigenvalue weighted by atomic mass is 9.99. The highest BCUT2D eigenvalue weighted by Gasteiger charge is 2.16. The fourth-order valence-electron chi connectivity index (χ4n) is 4.72. The Balaban J connectivity index is 2.09. The molecule has 3 unspecified atom stereocenters. The summed E-state index contributed by atoms with van der Waals surface area (Å²) in [5.41, 5.74) is 17.9. The highest BCUT2D eigenvalue weighted by molar-refractivity contribution is 6.08. The van der Waals surface area contributed by atoms with Gasteiger partial charge in [0.15, 0.2) is 0 Å². The number of rotatable bonds is 12. The summed E-state index contributed by atoms with van der Waals surface area (Å²) in [7, 11) is 0. The van der Waals surface area contributed by atoms with Gasteiger partial charge >= 0.3 is 0 Å². The quantitative estimate of drug-likeness (QED) is 0.347. The van der Waals surface area contributed by atoms with E-state index in [1.165, 1.54) is 58.6 Å². The van der Waals surface area contributed by atoms with E-state index in [-0.39, 0.29) is 12.1 Å². The molecule has 0 aliphatic rings. The van der Waals surface area contributed by atoms with Crippen LogP contribution in [0.5, 0.6) is 0 Å². The Morgan fingerprint density at radius 2 is 1.26 bits per heavy atom. The molecule has 31 heavy (non-hydrogen) atoms. The van der Waals surface area contributed by atoms with Crippen LogP contribution in [-0.4, -0.2) is 16.7 Å². The summed E-state index contributed by atoms with van der Waals surface area (Å²) in [5.74, 6) is 0.722. The molecule has 170 valence electrons. The lowest BCUT2D eigenvalue weighted by Gasteiger charge is -2.17. The molecule has 0 fully saturated rings. The van der Waals surface area contributed by atoms with Gasteiger partial charge in [0.25, 0.3) is 0 Å². The highest BCUT2D eigenvalue weighted by atomic mass is 15.0. The van der Waals surface area contributed by atoms with Gasteiger partial charge in [-0.1, -0.05) is 59.1 Å². The molecule has 4 N–H and O–H groups in total. The Bertz CT molecular complexity index is 902. The van der Waals surface area contributed by atoms with Gasteiger partial charge in [0, 0.05) is 40.4 Å². The minimum Gasteiger partial charge on any atom is -0.340 e. The second kappa shape index (κ2) is 11.2. The molecule has 0 saturated carbocycles. The van der Waals surface area contributed by atoms with Crippen LogP contribution in [0.1, 0.15) is 77.3 Å². The van der Waals surface area contributed by atoms with E-state index in [9.17, 15) is 0 Å². The van der Waals surface area contributed by atoms with E-state index >= 15 is 0 Å². The van der Waals surface area contributed by atoms with Crippen LogP contribution in [0.4, 0.5) is 0 Å². The van der Waals surface area contributed by atoms with Crippen LogP contribution in [0.15, 0.2) is 36.4 Å². The number of nitrogens with two attached hydrogens (primary N) is 2. The molecule has 1 aromatic heterocycles. The molecular formula is C28H43N3. The molecule has 3 aromatic rings. The van der Waals surface area contributed by atoms with Gasteiger partial charge in [0.1, 0.15) is 0 Å². The third-order valence-electron chi connectivity index (χ3n) is 7.02. The number of hydrogen-bond donors (Lipinski definition) is 2. The Morgan fingerprint density at radius 1 is 0.742 bits per heavy atom. The van der Waals surface area contributed by atoms with E-state index < -0.39 is 0 Å². The zero-order valence-corrected chi connectivity index (χ0v) is 20.2. The minimum absolute atomic E-state index is 0.224. The van der Waals surface area contributed by atoms with Crippen molar-refractivity contribution in [3.63, 3.8) is 0 Å². The zero-order valence-electron chi connectivity index (χ0n) is 20.2. The molecule has 3 rings (SSSR count). The second-order valence-corrected chi connectivity index (χ2v) is 9.48. The monoisotopic (exact) mass is 421 g/mol. The first-order chi connectivity index (χ1) is 15.0. The fraction of sp³-hybridized carbons (Fsp3) is 0.571. The number of benzene rings is 2. The third-order valence-corrected chi connectivity index (χ3v) is 7.02. The number of unbranched alkanes of at least 4 members (excludes halogenated alkanes) is 1. The molecule has 3 atom stereocenters. The van der Waals surface area contributed by atoms with Crippen molar-refractivity contribution >= 4 is 21.8 Å². The predicted octanol–water partition coefficient (Wildman–Crippen LogP) is 6.57. The van der Waals surface area contributed by atoms with E-state index in [0.29, 0.717) is 0 Å². The SMILES string of the molecule is CCCCC(CC)Cn1c2ccc(CC(N)CC)cc2c2cc(CC(N)CC)ccc21. The normalized spacial score (nSPS) is 14.9. The van der Waals surface area contributed by atoms with E-state index in [4.69, 9.17) is 11.5 Å². The number of nitrogens with zero attached hydrogens (tertiary/aromatic N) is 1. The smallest absolute Gasteiger partial charge is 0.0491 e. The zero-order chi connectivity index (χ0) is 22.4. The van der Waals surface area contributed by atoms with Crippen LogP contribution in [0.25, 0.3) is 21.8 Å². The van der Waals surface area contributed by atoms with E-state index in [1.807, 2.05) is 0 Å². The molecule has 0 aliphatic heterocycles. The van der Waals surface area contributed by atoms with E-state index in [2.05, 4.69) is 68.7 Å². The Morgan fingerprint density at radius 3 is 1.68 bits per heavy atom. The largest absolute Gasteiger partial charge is 0.340 e. The summed E-state index contributed by atoms with van der Waals surface area (Å²) in [6.07, 6.45) is 9.01. The van der Waals surface area contributed by atoms with Crippen molar-refractivity contribution in [2.24, 2.45) is 17.4 Å². The summed E-state index contributed by atoms with van der Waals surface area (Å²) in [6, 6.07) is 14.5. The summed E-state index contributed by atoms with van der Waals surface area (Å²) in [6.45, 7) is 10.1. The van der Waals surface area contributed by atoms with Gasteiger partial charge in [-0.3, -0.25) is 0 Å². The van der Waals surface area contributed by atoms with E-state index in [1.54, 1.807) is 0 Å². The summed E-state index contributed by atoms with van der Waals surface area (Å²) in [4.78, 5) is 0. The van der Waals surface area contributed by atoms with Crippen molar-refractivity contribution in [2.75, 3.05) is 0 Å². The van der Waals surface area contributed by atoms with Crippen LogP contribution < -0.4 is 11.5 Å². The third kappa shape index (κ3) is 5.70. The summed E-state index contributed by atoms with van der Waals surface area (Å²) < 4.78 is 2.57. The van der Waals surface area contributed by atoms with Crippen molar-refractivity contribution in [3.05, 3.63) is 47.5 Å². The molecule has 0 spiro atoms. The first-order valence-electron chi connectivity index (χ1n) is 12.5. The number of aromatic nitrogens is 1. The fourth-order valence-corrected chi connectivity index (χ4v) is 4.72. The van der Waals surface area contributed by atoms with Gasteiger partial charge in [0.05, 0.1) is 0 Å². The van der Waals surface area contributed by atoms with Crippen molar-refractivity contribution in [1.82, 2.24) is 4.57 Å². The molecule has 0 aliphatic carbocycles. The first-order valence-corrected chi connectivity index (χ1v) is 12.5. The van der Waals surface area contributed by atoms with Gasteiger partial charge in [-0.25, -0.2) is 0 Å². The van der Waals surface area contributed by atoms with Gasteiger partial charge in [-0.15, -0.1) is 0 Å². The van der Waals surface area contributed by atoms with Crippen molar-refractivity contribution in [3.8, 4) is 0 Å². The highest BCUT2D eigenvalue weighted by Crippen LogP contribution is 2.33. The van der Waals surface area contributed by atoms with Gasteiger partial charge in [-0.05, 0) is 73.4 Å².